The Morgan fingerprint density at radius 1 is 0.967 bits per heavy atom. The average Bonchev–Trinajstić information content (AvgIpc) is 3.22. The van der Waals surface area contributed by atoms with Gasteiger partial charge in [0.15, 0.2) is 11.5 Å². The lowest BCUT2D eigenvalue weighted by Crippen LogP contribution is -2.31. The van der Waals surface area contributed by atoms with E-state index in [0.29, 0.717) is 27.8 Å². The molecule has 30 heavy (non-hydrogen) atoms. The van der Waals surface area contributed by atoms with Crippen LogP contribution in [0.5, 0.6) is 17.2 Å². The number of rotatable bonds is 6. The first-order valence-corrected chi connectivity index (χ1v) is 9.68. The zero-order valence-electron chi connectivity index (χ0n) is 15.8. The van der Waals surface area contributed by atoms with E-state index >= 15 is 0 Å². The van der Waals surface area contributed by atoms with Gasteiger partial charge in [0.2, 0.25) is 6.79 Å². The standard InChI is InChI=1S/C23H18ClNO5/c24-18-9-5-4-8-17(18)23(27)25-19(15-6-2-1-3-7-15)13-22(26)30-16-10-11-20-21(12-16)29-14-28-20/h1-12,19H,13-14H2,(H,25,27)/t19-/m0/s1. The van der Waals surface area contributed by atoms with Gasteiger partial charge in [-0.1, -0.05) is 54.1 Å². The van der Waals surface area contributed by atoms with Gasteiger partial charge >= 0.3 is 5.97 Å². The second-order valence-corrected chi connectivity index (χ2v) is 7.02. The lowest BCUT2D eigenvalue weighted by atomic mass is 10.0. The molecule has 1 aliphatic rings. The van der Waals surface area contributed by atoms with Crippen LogP contribution in [0.1, 0.15) is 28.4 Å². The summed E-state index contributed by atoms with van der Waals surface area (Å²) in [5.74, 6) is 0.594. The third kappa shape index (κ3) is 4.55. The first-order valence-electron chi connectivity index (χ1n) is 9.31. The summed E-state index contributed by atoms with van der Waals surface area (Å²) in [5, 5.41) is 3.22. The summed E-state index contributed by atoms with van der Waals surface area (Å²) in [6, 6.07) is 20.3. The topological polar surface area (TPSA) is 73.9 Å². The zero-order chi connectivity index (χ0) is 20.9. The molecule has 1 heterocycles. The van der Waals surface area contributed by atoms with Gasteiger partial charge in [-0.3, -0.25) is 9.59 Å². The number of amides is 1. The van der Waals surface area contributed by atoms with Crippen molar-refractivity contribution >= 4 is 23.5 Å². The number of fused-ring (bicyclic) bond motifs is 1. The van der Waals surface area contributed by atoms with E-state index in [1.807, 2.05) is 30.3 Å². The maximum absolute atomic E-state index is 12.7. The van der Waals surface area contributed by atoms with E-state index in [0.717, 1.165) is 5.56 Å². The van der Waals surface area contributed by atoms with Crippen LogP contribution in [0.15, 0.2) is 72.8 Å². The summed E-state index contributed by atoms with van der Waals surface area (Å²) in [6.45, 7) is 0.136. The lowest BCUT2D eigenvalue weighted by Gasteiger charge is -2.19. The molecular formula is C23H18ClNO5. The molecule has 7 heteroatoms. The number of hydrogen-bond acceptors (Lipinski definition) is 5. The lowest BCUT2D eigenvalue weighted by molar-refractivity contribution is -0.134. The summed E-state index contributed by atoms with van der Waals surface area (Å²) in [4.78, 5) is 25.3. The summed E-state index contributed by atoms with van der Waals surface area (Å²) in [7, 11) is 0. The molecule has 1 aliphatic heterocycles. The fourth-order valence-electron chi connectivity index (χ4n) is 3.10. The van der Waals surface area contributed by atoms with Crippen LogP contribution in [0, 0.1) is 0 Å². The molecule has 1 atom stereocenters. The van der Waals surface area contributed by atoms with E-state index in [4.69, 9.17) is 25.8 Å². The van der Waals surface area contributed by atoms with E-state index in [2.05, 4.69) is 5.32 Å². The smallest absolute Gasteiger partial charge is 0.313 e. The Morgan fingerprint density at radius 2 is 1.70 bits per heavy atom. The molecule has 0 radical (unpaired) electrons. The highest BCUT2D eigenvalue weighted by Gasteiger charge is 2.22. The highest BCUT2D eigenvalue weighted by Crippen LogP contribution is 2.35. The molecule has 3 aromatic rings. The van der Waals surface area contributed by atoms with Gasteiger partial charge in [0, 0.05) is 6.07 Å². The second kappa shape index (κ2) is 8.88. The van der Waals surface area contributed by atoms with Crippen molar-refractivity contribution in [1.29, 1.82) is 0 Å². The van der Waals surface area contributed by atoms with Crippen molar-refractivity contribution in [2.45, 2.75) is 12.5 Å². The molecule has 0 unspecified atom stereocenters. The van der Waals surface area contributed by atoms with Crippen LogP contribution in [-0.2, 0) is 4.79 Å². The number of halogens is 1. The molecule has 0 bridgehead atoms. The minimum Gasteiger partial charge on any atom is -0.454 e. The number of esters is 1. The summed E-state index contributed by atoms with van der Waals surface area (Å²) >= 11 is 6.13. The molecule has 152 valence electrons. The van der Waals surface area contributed by atoms with Crippen molar-refractivity contribution in [1.82, 2.24) is 5.32 Å². The Balaban J connectivity index is 1.49. The van der Waals surface area contributed by atoms with E-state index in [-0.39, 0.29) is 19.1 Å². The summed E-state index contributed by atoms with van der Waals surface area (Å²) in [6.07, 6.45) is -0.0609. The van der Waals surface area contributed by atoms with Crippen LogP contribution in [0.4, 0.5) is 0 Å². The third-order valence-electron chi connectivity index (χ3n) is 4.57. The first-order chi connectivity index (χ1) is 14.6. The van der Waals surface area contributed by atoms with Crippen molar-refractivity contribution in [3.63, 3.8) is 0 Å². The molecule has 0 spiro atoms. The molecule has 6 nitrogen and oxygen atoms in total. The minimum absolute atomic E-state index is 0.0609. The van der Waals surface area contributed by atoms with Crippen LogP contribution in [0.2, 0.25) is 5.02 Å². The normalized spacial score (nSPS) is 12.8. The molecule has 4 rings (SSSR count). The number of benzene rings is 3. The molecule has 0 saturated heterocycles. The molecule has 0 aliphatic carbocycles. The van der Waals surface area contributed by atoms with Gasteiger partial charge in [-0.05, 0) is 29.8 Å². The number of hydrogen-bond donors (Lipinski definition) is 1. The Hall–Kier alpha value is -3.51. The van der Waals surface area contributed by atoms with Crippen LogP contribution in [0.25, 0.3) is 0 Å². The fourth-order valence-corrected chi connectivity index (χ4v) is 3.32. The number of nitrogens with one attached hydrogen (secondary N) is 1. The van der Waals surface area contributed by atoms with Gasteiger partial charge in [0.1, 0.15) is 5.75 Å². The van der Waals surface area contributed by atoms with Crippen LogP contribution < -0.4 is 19.5 Å². The van der Waals surface area contributed by atoms with Crippen molar-refractivity contribution < 1.29 is 23.8 Å². The highest BCUT2D eigenvalue weighted by molar-refractivity contribution is 6.33. The van der Waals surface area contributed by atoms with Crippen LogP contribution in [0.3, 0.4) is 0 Å². The minimum atomic E-state index is -0.587. The second-order valence-electron chi connectivity index (χ2n) is 6.61. The van der Waals surface area contributed by atoms with Gasteiger partial charge in [-0.25, -0.2) is 0 Å². The van der Waals surface area contributed by atoms with Gasteiger partial charge in [-0.15, -0.1) is 0 Å². The number of carbonyl (C=O) groups excluding carboxylic acids is 2. The van der Waals surface area contributed by atoms with Gasteiger partial charge in [0.05, 0.1) is 23.0 Å². The van der Waals surface area contributed by atoms with E-state index in [1.165, 1.54) is 0 Å². The van der Waals surface area contributed by atoms with Crippen LogP contribution >= 0.6 is 11.6 Å². The Kier molecular flexibility index (Phi) is 5.86. The third-order valence-corrected chi connectivity index (χ3v) is 4.90. The maximum atomic E-state index is 12.7. The number of carbonyl (C=O) groups is 2. The van der Waals surface area contributed by atoms with Crippen molar-refractivity contribution in [2.24, 2.45) is 0 Å². The van der Waals surface area contributed by atoms with E-state index in [1.54, 1.807) is 42.5 Å². The quantitative estimate of drug-likeness (QED) is 0.465. The highest BCUT2D eigenvalue weighted by atomic mass is 35.5. The van der Waals surface area contributed by atoms with Gasteiger partial charge in [0.25, 0.3) is 5.91 Å². The predicted molar refractivity (Wildman–Crippen MR) is 111 cm³/mol. The Morgan fingerprint density at radius 3 is 2.50 bits per heavy atom. The van der Waals surface area contributed by atoms with Crippen LogP contribution in [-0.4, -0.2) is 18.7 Å². The maximum Gasteiger partial charge on any atom is 0.313 e. The molecule has 1 amide bonds. The predicted octanol–water partition coefficient (Wildman–Crippen LogP) is 4.54. The largest absolute Gasteiger partial charge is 0.454 e. The Bertz CT molecular complexity index is 1070. The zero-order valence-corrected chi connectivity index (χ0v) is 16.6. The van der Waals surface area contributed by atoms with E-state index in [9.17, 15) is 9.59 Å². The van der Waals surface area contributed by atoms with Crippen molar-refractivity contribution in [2.75, 3.05) is 6.79 Å². The number of ether oxygens (including phenoxy) is 3. The summed E-state index contributed by atoms with van der Waals surface area (Å²) in [5.41, 5.74) is 1.12. The van der Waals surface area contributed by atoms with Gasteiger partial charge < -0.3 is 19.5 Å². The SMILES string of the molecule is O=C(C[C@H](NC(=O)c1ccccc1Cl)c1ccccc1)Oc1ccc2c(c1)OCO2. The fraction of sp³-hybridized carbons (Fsp3) is 0.130. The molecular weight excluding hydrogens is 406 g/mol. The molecule has 0 aromatic heterocycles. The van der Waals surface area contributed by atoms with Crippen molar-refractivity contribution in [3.05, 3.63) is 88.9 Å². The van der Waals surface area contributed by atoms with E-state index < -0.39 is 12.0 Å². The monoisotopic (exact) mass is 423 g/mol. The molecule has 1 N–H and O–H groups in total. The first kappa shape index (κ1) is 19.8. The average molecular weight is 424 g/mol. The van der Waals surface area contributed by atoms with Crippen molar-refractivity contribution in [3.8, 4) is 17.2 Å². The van der Waals surface area contributed by atoms with Gasteiger partial charge in [-0.2, -0.15) is 0 Å². The molecule has 0 fully saturated rings. The molecule has 0 saturated carbocycles. The molecule has 3 aromatic carbocycles. The summed E-state index contributed by atoms with van der Waals surface area (Å²) < 4.78 is 16.0. The Labute approximate surface area is 178 Å².